The molecule has 0 saturated carbocycles. The number of methoxy groups -OCH3 is 1. The van der Waals surface area contributed by atoms with Crippen LogP contribution in [0.4, 0.5) is 0 Å². The lowest BCUT2D eigenvalue weighted by molar-refractivity contribution is 0.0931. The van der Waals surface area contributed by atoms with E-state index in [0.29, 0.717) is 23.5 Å². The lowest BCUT2D eigenvalue weighted by Crippen LogP contribution is -2.42. The van der Waals surface area contributed by atoms with Crippen molar-refractivity contribution in [3.63, 3.8) is 0 Å². The largest absolute Gasteiger partial charge is 0.481 e. The number of nitrogens with zero attached hydrogens (tertiary/aromatic N) is 1. The number of ether oxygens (including phenoxy) is 1. The van der Waals surface area contributed by atoms with Crippen molar-refractivity contribution in [1.82, 2.24) is 15.6 Å². The standard InChI is InChI=1S/C19H21N3O2S/c1-24-18-9-7-15(11-20-18)25-14-5-2-12(3-6-14)19(23)22-17-10-13-4-8-16(17)21-13/h2-3,5-7,9,11,13,16-17,21H,4,8,10H2,1H3,(H,22,23). The van der Waals surface area contributed by atoms with Gasteiger partial charge in [-0.25, -0.2) is 4.98 Å². The van der Waals surface area contributed by atoms with E-state index in [9.17, 15) is 4.79 Å². The summed E-state index contributed by atoms with van der Waals surface area (Å²) in [7, 11) is 1.60. The van der Waals surface area contributed by atoms with E-state index < -0.39 is 0 Å². The molecular weight excluding hydrogens is 334 g/mol. The zero-order valence-electron chi connectivity index (χ0n) is 14.1. The van der Waals surface area contributed by atoms with Crippen LogP contribution in [0.3, 0.4) is 0 Å². The van der Waals surface area contributed by atoms with Crippen molar-refractivity contribution >= 4 is 17.7 Å². The Morgan fingerprint density at radius 3 is 2.60 bits per heavy atom. The number of pyridine rings is 1. The van der Waals surface area contributed by atoms with Crippen molar-refractivity contribution in [2.75, 3.05) is 7.11 Å². The fourth-order valence-corrected chi connectivity index (χ4v) is 4.38. The lowest BCUT2D eigenvalue weighted by atomic mass is 9.95. The molecule has 5 nitrogen and oxygen atoms in total. The van der Waals surface area contributed by atoms with E-state index in [0.717, 1.165) is 16.2 Å². The number of carbonyl (C=O) groups is 1. The van der Waals surface area contributed by atoms with E-state index in [4.69, 9.17) is 4.74 Å². The number of carbonyl (C=O) groups excluding carboxylic acids is 1. The summed E-state index contributed by atoms with van der Waals surface area (Å²) < 4.78 is 5.06. The Bertz CT molecular complexity index is 748. The van der Waals surface area contributed by atoms with Crippen molar-refractivity contribution in [2.45, 2.75) is 47.2 Å². The Balaban J connectivity index is 1.36. The number of amides is 1. The highest BCUT2D eigenvalue weighted by molar-refractivity contribution is 7.99. The van der Waals surface area contributed by atoms with E-state index >= 15 is 0 Å². The number of benzene rings is 1. The monoisotopic (exact) mass is 355 g/mol. The number of rotatable bonds is 5. The quantitative estimate of drug-likeness (QED) is 0.863. The molecule has 6 heteroatoms. The molecule has 2 bridgehead atoms. The van der Waals surface area contributed by atoms with Crippen LogP contribution in [0, 0.1) is 0 Å². The van der Waals surface area contributed by atoms with Gasteiger partial charge in [-0.2, -0.15) is 0 Å². The molecular formula is C19H21N3O2S. The van der Waals surface area contributed by atoms with E-state index in [1.807, 2.05) is 36.4 Å². The van der Waals surface area contributed by atoms with Gasteiger partial charge in [0.15, 0.2) is 0 Å². The summed E-state index contributed by atoms with van der Waals surface area (Å²) in [6.07, 6.45) is 5.24. The van der Waals surface area contributed by atoms with Gasteiger partial charge in [0.1, 0.15) is 0 Å². The van der Waals surface area contributed by atoms with Crippen LogP contribution in [0.2, 0.25) is 0 Å². The van der Waals surface area contributed by atoms with Gasteiger partial charge in [0.2, 0.25) is 5.88 Å². The van der Waals surface area contributed by atoms with Gasteiger partial charge in [-0.05, 0) is 49.6 Å². The van der Waals surface area contributed by atoms with Crippen LogP contribution in [-0.2, 0) is 0 Å². The summed E-state index contributed by atoms with van der Waals surface area (Å²) in [4.78, 5) is 18.8. The van der Waals surface area contributed by atoms with Crippen molar-refractivity contribution < 1.29 is 9.53 Å². The molecule has 130 valence electrons. The first kappa shape index (κ1) is 16.4. The minimum atomic E-state index is 0.0158. The zero-order chi connectivity index (χ0) is 17.2. The summed E-state index contributed by atoms with van der Waals surface area (Å²) in [5, 5.41) is 6.72. The van der Waals surface area contributed by atoms with Gasteiger partial charge in [0, 0.05) is 45.7 Å². The van der Waals surface area contributed by atoms with Crippen LogP contribution in [0.5, 0.6) is 5.88 Å². The molecule has 1 amide bonds. The van der Waals surface area contributed by atoms with Crippen molar-refractivity contribution in [3.8, 4) is 5.88 Å². The van der Waals surface area contributed by atoms with E-state index in [1.165, 1.54) is 12.8 Å². The summed E-state index contributed by atoms with van der Waals surface area (Å²) in [5.74, 6) is 0.619. The number of aromatic nitrogens is 1. The number of fused-ring (bicyclic) bond motifs is 2. The third-order valence-electron chi connectivity index (χ3n) is 4.89. The summed E-state index contributed by atoms with van der Waals surface area (Å²) in [6, 6.07) is 12.8. The highest BCUT2D eigenvalue weighted by atomic mass is 32.2. The van der Waals surface area contributed by atoms with Crippen LogP contribution >= 0.6 is 11.8 Å². The average Bonchev–Trinajstić information content (AvgIpc) is 3.26. The Hall–Kier alpha value is -2.05. The third-order valence-corrected chi connectivity index (χ3v) is 5.87. The maximum Gasteiger partial charge on any atom is 0.251 e. The molecule has 2 aliphatic heterocycles. The first-order valence-corrected chi connectivity index (χ1v) is 9.38. The van der Waals surface area contributed by atoms with Gasteiger partial charge in [-0.3, -0.25) is 4.79 Å². The highest BCUT2D eigenvalue weighted by Crippen LogP contribution is 2.29. The molecule has 25 heavy (non-hydrogen) atoms. The molecule has 1 aromatic heterocycles. The van der Waals surface area contributed by atoms with Gasteiger partial charge >= 0.3 is 0 Å². The van der Waals surface area contributed by atoms with Crippen molar-refractivity contribution in [2.24, 2.45) is 0 Å². The molecule has 3 atom stereocenters. The first-order valence-electron chi connectivity index (χ1n) is 8.56. The van der Waals surface area contributed by atoms with Crippen LogP contribution in [-0.4, -0.2) is 36.1 Å². The zero-order valence-corrected chi connectivity index (χ0v) is 14.9. The van der Waals surface area contributed by atoms with Gasteiger partial charge < -0.3 is 15.4 Å². The molecule has 2 aromatic rings. The molecule has 0 spiro atoms. The minimum absolute atomic E-state index is 0.0158. The summed E-state index contributed by atoms with van der Waals surface area (Å²) in [6.45, 7) is 0. The highest BCUT2D eigenvalue weighted by Gasteiger charge is 2.39. The molecule has 3 unspecified atom stereocenters. The van der Waals surface area contributed by atoms with Crippen LogP contribution in [0.25, 0.3) is 0 Å². The predicted molar refractivity (Wildman–Crippen MR) is 97.2 cm³/mol. The molecule has 2 aliphatic rings. The maximum absolute atomic E-state index is 12.4. The van der Waals surface area contributed by atoms with Crippen LogP contribution in [0.1, 0.15) is 29.6 Å². The minimum Gasteiger partial charge on any atom is -0.481 e. The smallest absolute Gasteiger partial charge is 0.251 e. The Labute approximate surface area is 151 Å². The molecule has 1 aromatic carbocycles. The SMILES string of the molecule is COc1ccc(Sc2ccc(C(=O)NC3CC4CCC3N4)cc2)cn1. The third kappa shape index (κ3) is 3.65. The van der Waals surface area contributed by atoms with Gasteiger partial charge in [-0.15, -0.1) is 0 Å². The van der Waals surface area contributed by atoms with Gasteiger partial charge in [-0.1, -0.05) is 11.8 Å². The fourth-order valence-electron chi connectivity index (χ4n) is 3.59. The van der Waals surface area contributed by atoms with Crippen molar-refractivity contribution in [1.29, 1.82) is 0 Å². The Kier molecular flexibility index (Phi) is 4.63. The van der Waals surface area contributed by atoms with Gasteiger partial charge in [0.05, 0.1) is 7.11 Å². The second-order valence-corrected chi connectivity index (χ2v) is 7.67. The molecule has 2 fully saturated rings. The number of nitrogens with one attached hydrogen (secondary N) is 2. The van der Waals surface area contributed by atoms with E-state index in [2.05, 4.69) is 15.6 Å². The van der Waals surface area contributed by atoms with E-state index in [1.54, 1.807) is 25.1 Å². The normalized spacial score (nSPS) is 24.3. The van der Waals surface area contributed by atoms with Crippen molar-refractivity contribution in [3.05, 3.63) is 48.2 Å². The topological polar surface area (TPSA) is 63.2 Å². The first-order chi connectivity index (χ1) is 12.2. The van der Waals surface area contributed by atoms with Gasteiger partial charge in [0.25, 0.3) is 5.91 Å². The molecule has 2 saturated heterocycles. The molecule has 0 aliphatic carbocycles. The number of hydrogen-bond donors (Lipinski definition) is 2. The molecule has 0 radical (unpaired) electrons. The number of hydrogen-bond acceptors (Lipinski definition) is 5. The Morgan fingerprint density at radius 1 is 1.20 bits per heavy atom. The fraction of sp³-hybridized carbons (Fsp3) is 0.368. The second-order valence-electron chi connectivity index (χ2n) is 6.53. The maximum atomic E-state index is 12.4. The second kappa shape index (κ2) is 7.06. The molecule has 3 heterocycles. The molecule has 2 N–H and O–H groups in total. The summed E-state index contributed by atoms with van der Waals surface area (Å²) in [5.41, 5.74) is 0.708. The Morgan fingerprint density at radius 2 is 2.00 bits per heavy atom. The van der Waals surface area contributed by atoms with Crippen LogP contribution < -0.4 is 15.4 Å². The average molecular weight is 355 g/mol. The van der Waals surface area contributed by atoms with Crippen LogP contribution in [0.15, 0.2) is 52.4 Å². The summed E-state index contributed by atoms with van der Waals surface area (Å²) >= 11 is 1.61. The van der Waals surface area contributed by atoms with E-state index in [-0.39, 0.29) is 11.9 Å². The molecule has 4 rings (SSSR count). The lowest BCUT2D eigenvalue weighted by Gasteiger charge is -2.21. The predicted octanol–water partition coefficient (Wildman–Crippen LogP) is 2.86.